The maximum absolute atomic E-state index is 12.6. The minimum absolute atomic E-state index is 0.0619. The molecule has 1 aliphatic heterocycles. The summed E-state index contributed by atoms with van der Waals surface area (Å²) in [5, 5.41) is 1.21. The van der Waals surface area contributed by atoms with Crippen LogP contribution in [0.2, 0.25) is 0 Å². The van der Waals surface area contributed by atoms with Crippen LogP contribution in [-0.4, -0.2) is 43.1 Å². The molecular weight excluding hydrogens is 364 g/mol. The van der Waals surface area contributed by atoms with Crippen molar-refractivity contribution < 1.29 is 14.3 Å². The summed E-state index contributed by atoms with van der Waals surface area (Å²) in [5.74, 6) is 2.17. The van der Waals surface area contributed by atoms with Gasteiger partial charge in [-0.15, -0.1) is 0 Å². The van der Waals surface area contributed by atoms with Gasteiger partial charge in [0.25, 0.3) is 0 Å². The van der Waals surface area contributed by atoms with Crippen molar-refractivity contribution >= 4 is 22.9 Å². The van der Waals surface area contributed by atoms with Crippen LogP contribution in [0.5, 0.6) is 11.5 Å². The summed E-state index contributed by atoms with van der Waals surface area (Å²) in [7, 11) is 3.33. The van der Waals surface area contributed by atoms with Gasteiger partial charge in [-0.05, 0) is 66.3 Å². The number of aromatic nitrogens is 1. The Hall–Kier alpha value is -3.21. The van der Waals surface area contributed by atoms with Crippen LogP contribution in [0.25, 0.3) is 17.0 Å². The highest BCUT2D eigenvalue weighted by atomic mass is 16.5. The number of hydrogen-bond acceptors (Lipinski definition) is 3. The van der Waals surface area contributed by atoms with Crippen molar-refractivity contribution in [1.82, 2.24) is 9.88 Å². The molecule has 1 saturated heterocycles. The summed E-state index contributed by atoms with van der Waals surface area (Å²) < 4.78 is 10.6. The number of piperidine rings is 1. The second-order valence-electron chi connectivity index (χ2n) is 7.37. The zero-order valence-corrected chi connectivity index (χ0v) is 16.9. The summed E-state index contributed by atoms with van der Waals surface area (Å²) in [6.07, 6.45) is 7.54. The fourth-order valence-corrected chi connectivity index (χ4v) is 4.02. The van der Waals surface area contributed by atoms with Crippen LogP contribution in [-0.2, 0) is 4.79 Å². The third-order valence-corrected chi connectivity index (χ3v) is 5.68. The number of carbonyl (C=O) groups is 1. The van der Waals surface area contributed by atoms with Crippen molar-refractivity contribution in [2.75, 3.05) is 27.3 Å². The summed E-state index contributed by atoms with van der Waals surface area (Å²) in [4.78, 5) is 17.9. The molecule has 0 unspecified atom stereocenters. The zero-order valence-electron chi connectivity index (χ0n) is 16.9. The normalized spacial score (nSPS) is 15.2. The van der Waals surface area contributed by atoms with Crippen molar-refractivity contribution in [1.29, 1.82) is 0 Å². The maximum atomic E-state index is 12.6. The lowest BCUT2D eigenvalue weighted by molar-refractivity contribution is -0.126. The van der Waals surface area contributed by atoms with E-state index in [1.165, 1.54) is 10.9 Å². The molecule has 29 heavy (non-hydrogen) atoms. The molecule has 1 aromatic heterocycles. The lowest BCUT2D eigenvalue weighted by Crippen LogP contribution is -2.36. The van der Waals surface area contributed by atoms with E-state index in [4.69, 9.17) is 9.47 Å². The Kier molecular flexibility index (Phi) is 5.56. The number of rotatable bonds is 5. The lowest BCUT2D eigenvalue weighted by atomic mass is 9.89. The lowest BCUT2D eigenvalue weighted by Gasteiger charge is -2.31. The molecule has 5 heteroatoms. The number of nitrogens with zero attached hydrogens (tertiary/aromatic N) is 1. The first-order valence-electron chi connectivity index (χ1n) is 9.94. The minimum Gasteiger partial charge on any atom is -0.497 e. The molecule has 0 aliphatic carbocycles. The number of nitrogens with one attached hydrogen (secondary N) is 1. The molecule has 1 fully saturated rings. The number of hydrogen-bond donors (Lipinski definition) is 1. The largest absolute Gasteiger partial charge is 0.497 e. The van der Waals surface area contributed by atoms with Gasteiger partial charge >= 0.3 is 0 Å². The van der Waals surface area contributed by atoms with Crippen molar-refractivity contribution in [2.45, 2.75) is 18.8 Å². The van der Waals surface area contributed by atoms with Gasteiger partial charge in [0.15, 0.2) is 0 Å². The van der Waals surface area contributed by atoms with Gasteiger partial charge in [-0.3, -0.25) is 4.79 Å². The first-order valence-corrected chi connectivity index (χ1v) is 9.94. The van der Waals surface area contributed by atoms with Crippen LogP contribution >= 0.6 is 0 Å². The topological polar surface area (TPSA) is 54.6 Å². The predicted octanol–water partition coefficient (Wildman–Crippen LogP) is 4.60. The summed E-state index contributed by atoms with van der Waals surface area (Å²) >= 11 is 0. The van der Waals surface area contributed by atoms with E-state index in [-0.39, 0.29) is 5.91 Å². The second kappa shape index (κ2) is 8.43. The van der Waals surface area contributed by atoms with Gasteiger partial charge in [-0.25, -0.2) is 0 Å². The van der Waals surface area contributed by atoms with Crippen LogP contribution in [0.15, 0.2) is 54.7 Å². The van der Waals surface area contributed by atoms with E-state index in [0.29, 0.717) is 5.92 Å². The Bertz CT molecular complexity index is 1030. The van der Waals surface area contributed by atoms with Gasteiger partial charge in [0, 0.05) is 36.3 Å². The highest BCUT2D eigenvalue weighted by molar-refractivity contribution is 5.92. The van der Waals surface area contributed by atoms with Crippen LogP contribution in [0.1, 0.15) is 29.9 Å². The quantitative estimate of drug-likeness (QED) is 0.648. The van der Waals surface area contributed by atoms with Gasteiger partial charge in [0.2, 0.25) is 5.91 Å². The van der Waals surface area contributed by atoms with Crippen LogP contribution < -0.4 is 9.47 Å². The van der Waals surface area contributed by atoms with Crippen LogP contribution in [0.3, 0.4) is 0 Å². The molecule has 150 valence electrons. The molecule has 5 nitrogen and oxygen atoms in total. The van der Waals surface area contributed by atoms with Crippen LogP contribution in [0, 0.1) is 0 Å². The fourth-order valence-electron chi connectivity index (χ4n) is 4.02. The smallest absolute Gasteiger partial charge is 0.246 e. The highest BCUT2D eigenvalue weighted by Gasteiger charge is 2.24. The van der Waals surface area contributed by atoms with Gasteiger partial charge in [-0.2, -0.15) is 0 Å². The van der Waals surface area contributed by atoms with Crippen molar-refractivity contribution in [3.05, 3.63) is 65.9 Å². The monoisotopic (exact) mass is 390 g/mol. The molecule has 0 bridgehead atoms. The third kappa shape index (κ3) is 4.14. The molecule has 0 radical (unpaired) electrons. The molecule has 2 aromatic carbocycles. The highest BCUT2D eigenvalue weighted by Crippen LogP contribution is 2.34. The van der Waals surface area contributed by atoms with Gasteiger partial charge in [-0.1, -0.05) is 12.1 Å². The standard InChI is InChI=1S/C24H26N2O3/c1-28-19-5-3-4-17(14-19)6-9-24(27)26-12-10-18(11-13-26)22-16-25-23-8-7-20(29-2)15-21(22)23/h3-9,14-16,18,25H,10-13H2,1-2H3/b9-6+. The fraction of sp³-hybridized carbons (Fsp3) is 0.292. The Morgan fingerprint density at radius 3 is 2.59 bits per heavy atom. The van der Waals surface area contributed by atoms with Crippen molar-refractivity contribution in [3.8, 4) is 11.5 Å². The van der Waals surface area contributed by atoms with Gasteiger partial charge < -0.3 is 19.4 Å². The van der Waals surface area contributed by atoms with Gasteiger partial charge in [0.1, 0.15) is 11.5 Å². The first-order chi connectivity index (χ1) is 14.2. The summed E-state index contributed by atoms with van der Waals surface area (Å²) in [5.41, 5.74) is 3.40. The Morgan fingerprint density at radius 1 is 1.07 bits per heavy atom. The van der Waals surface area contributed by atoms with E-state index in [1.807, 2.05) is 41.3 Å². The number of likely N-dealkylation sites (tertiary alicyclic amines) is 1. The number of H-pyrrole nitrogens is 1. The number of carbonyl (C=O) groups excluding carboxylic acids is 1. The minimum atomic E-state index is 0.0619. The summed E-state index contributed by atoms with van der Waals surface area (Å²) in [6.45, 7) is 1.53. The van der Waals surface area contributed by atoms with E-state index in [9.17, 15) is 4.79 Å². The number of fused-ring (bicyclic) bond motifs is 1. The SMILES string of the molecule is COc1cccc(/C=C/C(=O)N2CCC(c3c[nH]c4ccc(OC)cc34)CC2)c1. The number of aromatic amines is 1. The number of methoxy groups -OCH3 is 2. The molecule has 3 aromatic rings. The van der Waals surface area contributed by atoms with Gasteiger partial charge in [0.05, 0.1) is 14.2 Å². The molecule has 1 N–H and O–H groups in total. The third-order valence-electron chi connectivity index (χ3n) is 5.68. The summed E-state index contributed by atoms with van der Waals surface area (Å²) in [6, 6.07) is 13.8. The number of ether oxygens (including phenoxy) is 2. The number of amides is 1. The number of benzene rings is 2. The Morgan fingerprint density at radius 2 is 1.83 bits per heavy atom. The van der Waals surface area contributed by atoms with Crippen molar-refractivity contribution in [2.24, 2.45) is 0 Å². The average molecular weight is 390 g/mol. The molecule has 0 saturated carbocycles. The van der Waals surface area contributed by atoms with Crippen molar-refractivity contribution in [3.63, 3.8) is 0 Å². The second-order valence-corrected chi connectivity index (χ2v) is 7.37. The Balaban J connectivity index is 1.40. The van der Waals surface area contributed by atoms with E-state index >= 15 is 0 Å². The predicted molar refractivity (Wildman–Crippen MR) is 115 cm³/mol. The molecular formula is C24H26N2O3. The molecule has 4 rings (SSSR count). The van der Waals surface area contributed by atoms with E-state index in [0.717, 1.165) is 48.5 Å². The maximum Gasteiger partial charge on any atom is 0.246 e. The molecule has 0 spiro atoms. The first kappa shape index (κ1) is 19.1. The zero-order chi connectivity index (χ0) is 20.2. The van der Waals surface area contributed by atoms with E-state index in [1.54, 1.807) is 20.3 Å². The van der Waals surface area contributed by atoms with E-state index < -0.39 is 0 Å². The molecule has 1 aliphatic rings. The molecule has 2 heterocycles. The average Bonchev–Trinajstić information content (AvgIpc) is 3.20. The molecule has 0 atom stereocenters. The molecule has 1 amide bonds. The Labute approximate surface area is 170 Å². The van der Waals surface area contributed by atoms with Crippen LogP contribution in [0.4, 0.5) is 0 Å². The van der Waals surface area contributed by atoms with E-state index in [2.05, 4.69) is 23.3 Å².